The molecule has 0 fully saturated rings. The Morgan fingerprint density at radius 3 is 2.73 bits per heavy atom. The van der Waals surface area contributed by atoms with Crippen LogP contribution < -0.4 is 0 Å². The Hall–Kier alpha value is -1.78. The molecule has 0 saturated heterocycles. The van der Waals surface area contributed by atoms with Crippen molar-refractivity contribution in [3.63, 3.8) is 0 Å². The van der Waals surface area contributed by atoms with Gasteiger partial charge in [-0.3, -0.25) is 0 Å². The van der Waals surface area contributed by atoms with E-state index in [1.807, 2.05) is 0 Å². The normalized spacial score (nSPS) is 11.7. The van der Waals surface area contributed by atoms with Crippen LogP contribution in [0.1, 0.15) is 5.56 Å². The number of benzene rings is 1. The molecule has 0 amide bonds. The number of alkyl halides is 3. The highest BCUT2D eigenvalue weighted by molar-refractivity contribution is 5.60. The minimum absolute atomic E-state index is 0.00926. The van der Waals surface area contributed by atoms with Gasteiger partial charge >= 0.3 is 6.18 Å². The fourth-order valence-corrected chi connectivity index (χ4v) is 1.28. The molecule has 0 aliphatic carbocycles. The van der Waals surface area contributed by atoms with Gasteiger partial charge in [-0.25, -0.2) is 4.98 Å². The minimum Gasteiger partial charge on any atom is -0.345 e. The van der Waals surface area contributed by atoms with Gasteiger partial charge in [0.2, 0.25) is 0 Å². The van der Waals surface area contributed by atoms with E-state index in [0.29, 0.717) is 0 Å². The molecule has 1 aromatic carbocycles. The molecule has 2 rings (SSSR count). The Morgan fingerprint density at radius 2 is 2.13 bits per heavy atom. The Bertz CT molecular complexity index is 446. The first-order chi connectivity index (χ1) is 7.09. The Labute approximate surface area is 83.8 Å². The molecule has 1 N–H and O–H groups in total. The van der Waals surface area contributed by atoms with E-state index in [4.69, 9.17) is 0 Å². The lowest BCUT2D eigenvalue weighted by atomic mass is 10.1. The van der Waals surface area contributed by atoms with Crippen molar-refractivity contribution in [2.75, 3.05) is 0 Å². The summed E-state index contributed by atoms with van der Waals surface area (Å²) in [7, 11) is 0. The first-order valence-electron chi connectivity index (χ1n) is 4.16. The van der Waals surface area contributed by atoms with E-state index in [1.54, 1.807) is 0 Å². The largest absolute Gasteiger partial charge is 0.417 e. The maximum Gasteiger partial charge on any atom is 0.417 e. The lowest BCUT2D eigenvalue weighted by Crippen LogP contribution is -2.07. The molecule has 0 unspecified atom stereocenters. The van der Waals surface area contributed by atoms with E-state index in [2.05, 4.69) is 16.0 Å². The lowest BCUT2D eigenvalue weighted by Gasteiger charge is -2.09. The topological polar surface area (TPSA) is 28.7 Å². The maximum atomic E-state index is 12.6. The molecule has 15 heavy (non-hydrogen) atoms. The van der Waals surface area contributed by atoms with Gasteiger partial charge in [-0.1, -0.05) is 18.2 Å². The minimum atomic E-state index is -4.41. The van der Waals surface area contributed by atoms with Crippen molar-refractivity contribution in [3.8, 4) is 11.4 Å². The Balaban J connectivity index is 2.58. The van der Waals surface area contributed by atoms with Crippen LogP contribution in [0, 0.1) is 6.07 Å². The molecular weight excluding hydrogens is 205 g/mol. The summed E-state index contributed by atoms with van der Waals surface area (Å²) in [6, 6.07) is 6.26. The zero-order chi connectivity index (χ0) is 10.9. The zero-order valence-electron chi connectivity index (χ0n) is 7.47. The Morgan fingerprint density at radius 1 is 1.33 bits per heavy atom. The number of nitrogens with one attached hydrogen (secondary N) is 1. The van der Waals surface area contributed by atoms with Gasteiger partial charge in [0.15, 0.2) is 0 Å². The average Bonchev–Trinajstić information content (AvgIpc) is 2.69. The van der Waals surface area contributed by atoms with Crippen LogP contribution in [0.3, 0.4) is 0 Å². The predicted molar refractivity (Wildman–Crippen MR) is 47.9 cm³/mol. The van der Waals surface area contributed by atoms with Crippen molar-refractivity contribution >= 4 is 0 Å². The van der Waals surface area contributed by atoms with Gasteiger partial charge < -0.3 is 4.98 Å². The van der Waals surface area contributed by atoms with Crippen molar-refractivity contribution in [2.45, 2.75) is 6.18 Å². The molecule has 0 bridgehead atoms. The third-order valence-electron chi connectivity index (χ3n) is 1.89. The zero-order valence-corrected chi connectivity index (χ0v) is 7.47. The van der Waals surface area contributed by atoms with Crippen molar-refractivity contribution in [1.29, 1.82) is 0 Å². The molecule has 1 radical (unpaired) electrons. The van der Waals surface area contributed by atoms with Gasteiger partial charge in [0.1, 0.15) is 5.82 Å². The summed E-state index contributed by atoms with van der Waals surface area (Å²) in [5.41, 5.74) is -0.796. The number of rotatable bonds is 1. The molecular formula is C10H6F3N2. The number of halogens is 3. The van der Waals surface area contributed by atoms with Crippen LogP contribution >= 0.6 is 0 Å². The second-order valence-electron chi connectivity index (χ2n) is 2.89. The summed E-state index contributed by atoms with van der Waals surface area (Å²) in [6.07, 6.45) is -1.53. The summed E-state index contributed by atoms with van der Waals surface area (Å²) < 4.78 is 37.7. The van der Waals surface area contributed by atoms with E-state index < -0.39 is 11.7 Å². The number of nitrogens with zero attached hydrogens (tertiary/aromatic N) is 1. The third kappa shape index (κ3) is 1.86. The van der Waals surface area contributed by atoms with Gasteiger partial charge in [-0.05, 0) is 6.07 Å². The summed E-state index contributed by atoms with van der Waals surface area (Å²) in [5.74, 6) is 0.194. The molecule has 1 aromatic heterocycles. The third-order valence-corrected chi connectivity index (χ3v) is 1.89. The van der Waals surface area contributed by atoms with Gasteiger partial charge in [-0.15, -0.1) is 0 Å². The maximum absolute atomic E-state index is 12.6. The molecule has 0 spiro atoms. The van der Waals surface area contributed by atoms with E-state index in [-0.39, 0.29) is 11.4 Å². The molecule has 0 atom stereocenters. The first kappa shape index (κ1) is 9.76. The van der Waals surface area contributed by atoms with E-state index in [1.165, 1.54) is 30.6 Å². The van der Waals surface area contributed by atoms with Crippen molar-refractivity contribution in [3.05, 3.63) is 42.2 Å². The van der Waals surface area contributed by atoms with Crippen molar-refractivity contribution in [2.24, 2.45) is 0 Å². The van der Waals surface area contributed by atoms with Crippen molar-refractivity contribution in [1.82, 2.24) is 9.97 Å². The second-order valence-corrected chi connectivity index (χ2v) is 2.89. The number of aromatic nitrogens is 2. The molecule has 1 heterocycles. The molecule has 2 aromatic rings. The van der Waals surface area contributed by atoms with E-state index >= 15 is 0 Å². The summed E-state index contributed by atoms with van der Waals surface area (Å²) in [6.45, 7) is 0. The average molecular weight is 211 g/mol. The molecule has 5 heteroatoms. The highest BCUT2D eigenvalue weighted by Crippen LogP contribution is 2.35. The Kier molecular flexibility index (Phi) is 2.22. The van der Waals surface area contributed by atoms with Gasteiger partial charge in [0.25, 0.3) is 0 Å². The summed E-state index contributed by atoms with van der Waals surface area (Å²) in [4.78, 5) is 6.42. The highest BCUT2D eigenvalue weighted by atomic mass is 19.4. The lowest BCUT2D eigenvalue weighted by molar-refractivity contribution is -0.137. The molecule has 77 valence electrons. The fraction of sp³-hybridized carbons (Fsp3) is 0.100. The highest BCUT2D eigenvalue weighted by Gasteiger charge is 2.34. The number of aromatic amines is 1. The summed E-state index contributed by atoms with van der Waals surface area (Å²) >= 11 is 0. The molecule has 2 nitrogen and oxygen atoms in total. The smallest absolute Gasteiger partial charge is 0.345 e. The molecule has 0 aliphatic rings. The monoisotopic (exact) mass is 211 g/mol. The van der Waals surface area contributed by atoms with Crippen LogP contribution in [0.4, 0.5) is 13.2 Å². The summed E-state index contributed by atoms with van der Waals surface area (Å²) in [5, 5.41) is 0. The van der Waals surface area contributed by atoms with Crippen LogP contribution in [0.2, 0.25) is 0 Å². The number of hydrogen-bond acceptors (Lipinski definition) is 1. The van der Waals surface area contributed by atoms with Gasteiger partial charge in [-0.2, -0.15) is 13.2 Å². The SMILES string of the molecule is FC(F)(F)c1[c]cccc1-c1ncc[nH]1. The van der Waals surface area contributed by atoms with Crippen LogP contribution in [0.5, 0.6) is 0 Å². The predicted octanol–water partition coefficient (Wildman–Crippen LogP) is 2.90. The molecule has 0 saturated carbocycles. The number of imidazole rings is 1. The van der Waals surface area contributed by atoms with Crippen molar-refractivity contribution < 1.29 is 13.2 Å². The van der Waals surface area contributed by atoms with E-state index in [0.717, 1.165) is 0 Å². The fourth-order valence-electron chi connectivity index (χ4n) is 1.28. The quantitative estimate of drug-likeness (QED) is 0.771. The number of hydrogen-bond donors (Lipinski definition) is 1. The van der Waals surface area contributed by atoms with Crippen LogP contribution in [-0.4, -0.2) is 9.97 Å². The van der Waals surface area contributed by atoms with Crippen LogP contribution in [0.25, 0.3) is 11.4 Å². The van der Waals surface area contributed by atoms with Gasteiger partial charge in [0, 0.05) is 18.0 Å². The van der Waals surface area contributed by atoms with Gasteiger partial charge in [0.05, 0.1) is 5.56 Å². The van der Waals surface area contributed by atoms with E-state index in [9.17, 15) is 13.2 Å². The standard InChI is InChI=1S/C10H6F3N2/c11-10(12,13)8-4-2-1-3-7(8)9-14-5-6-15-9/h1-3,5-6H,(H,14,15). The number of H-pyrrole nitrogens is 1. The first-order valence-corrected chi connectivity index (χ1v) is 4.16. The van der Waals surface area contributed by atoms with Crippen LogP contribution in [0.15, 0.2) is 30.6 Å². The van der Waals surface area contributed by atoms with Crippen LogP contribution in [-0.2, 0) is 6.18 Å². The second kappa shape index (κ2) is 3.42. The molecule has 0 aliphatic heterocycles.